The molecular formula is C35H41N5O2S2. The third-order valence-corrected chi connectivity index (χ3v) is 11.3. The van der Waals surface area contributed by atoms with E-state index in [1.54, 1.807) is 11.3 Å². The Bertz CT molecular complexity index is 1550. The van der Waals surface area contributed by atoms with Gasteiger partial charge in [0.25, 0.3) is 5.91 Å². The molecule has 0 aliphatic carbocycles. The van der Waals surface area contributed by atoms with E-state index in [-0.39, 0.29) is 11.7 Å². The number of carbonyl (C=O) groups is 2. The normalized spacial score (nSPS) is 15.7. The van der Waals surface area contributed by atoms with Gasteiger partial charge in [-0.25, -0.2) is 9.97 Å². The lowest BCUT2D eigenvalue weighted by Gasteiger charge is -2.16. The molecule has 1 amide bonds. The minimum atomic E-state index is -0.176. The van der Waals surface area contributed by atoms with Gasteiger partial charge in [0.15, 0.2) is 15.8 Å². The maximum atomic E-state index is 13.4. The summed E-state index contributed by atoms with van der Waals surface area (Å²) in [5.74, 6) is -0.114. The van der Waals surface area contributed by atoms with Crippen LogP contribution in [0.4, 0.5) is 5.69 Å². The molecule has 7 nitrogen and oxygen atoms in total. The highest BCUT2D eigenvalue weighted by atomic mass is 32.1. The topological polar surface area (TPSA) is 78.4 Å². The molecule has 2 aliphatic rings. The minimum Gasteiger partial charge on any atom is -0.320 e. The lowest BCUT2D eigenvalue weighted by Crippen LogP contribution is -2.18. The molecule has 0 atom stereocenters. The quantitative estimate of drug-likeness (QED) is 0.185. The van der Waals surface area contributed by atoms with Gasteiger partial charge >= 0.3 is 0 Å². The van der Waals surface area contributed by atoms with Gasteiger partial charge in [-0.3, -0.25) is 19.4 Å². The first kappa shape index (κ1) is 30.8. The van der Waals surface area contributed by atoms with Crippen molar-refractivity contribution in [2.75, 3.05) is 31.5 Å². The molecule has 2 saturated heterocycles. The molecule has 9 heteroatoms. The number of benzene rings is 2. The molecule has 0 radical (unpaired) electrons. The number of anilines is 1. The predicted molar refractivity (Wildman–Crippen MR) is 180 cm³/mol. The number of nitrogens with zero attached hydrogens (tertiary/aromatic N) is 4. The minimum absolute atomic E-state index is 0.0617. The van der Waals surface area contributed by atoms with Crippen molar-refractivity contribution in [1.82, 2.24) is 19.8 Å². The summed E-state index contributed by atoms with van der Waals surface area (Å²) in [6.07, 6.45) is 5.29. The molecule has 2 aliphatic heterocycles. The summed E-state index contributed by atoms with van der Waals surface area (Å²) in [5, 5.41) is 4.22. The van der Waals surface area contributed by atoms with Crippen LogP contribution < -0.4 is 5.32 Å². The Balaban J connectivity index is 1.17. The fraction of sp³-hybridized carbons (Fsp3) is 0.429. The van der Waals surface area contributed by atoms with E-state index in [9.17, 15) is 9.59 Å². The standard InChI is InChI=1S/C35H41N5O2S2/c1-22-26(19-30(41)34-36-24(3)31(43-34)20-39-15-5-6-16-39)11-9-12-27(22)28-13-10-14-29(23(28)2)38-33(42)35-37-25(4)32(44-35)21-40-17-7-8-18-40/h9-14H,5-8,15-21H2,1-4H3,(H,38,42). The van der Waals surface area contributed by atoms with Gasteiger partial charge in [0.2, 0.25) is 0 Å². The van der Waals surface area contributed by atoms with E-state index >= 15 is 0 Å². The fourth-order valence-corrected chi connectivity index (χ4v) is 8.35. The lowest BCUT2D eigenvalue weighted by atomic mass is 9.91. The first-order valence-corrected chi connectivity index (χ1v) is 17.3. The molecule has 0 unspecified atom stereocenters. The van der Waals surface area contributed by atoms with Crippen molar-refractivity contribution in [1.29, 1.82) is 0 Å². The van der Waals surface area contributed by atoms with Crippen LogP contribution in [0.15, 0.2) is 36.4 Å². The maximum Gasteiger partial charge on any atom is 0.284 e. The first-order chi connectivity index (χ1) is 21.3. The lowest BCUT2D eigenvalue weighted by molar-refractivity contribution is 0.0990. The Morgan fingerprint density at radius 3 is 1.86 bits per heavy atom. The van der Waals surface area contributed by atoms with Crippen molar-refractivity contribution in [3.05, 3.63) is 84.2 Å². The van der Waals surface area contributed by atoms with Crippen molar-refractivity contribution < 1.29 is 9.59 Å². The number of nitrogens with one attached hydrogen (secondary N) is 1. The maximum absolute atomic E-state index is 13.4. The summed E-state index contributed by atoms with van der Waals surface area (Å²) in [7, 11) is 0. The van der Waals surface area contributed by atoms with Gasteiger partial charge in [-0.2, -0.15) is 0 Å². The van der Waals surface area contributed by atoms with Gasteiger partial charge in [0, 0.05) is 35.0 Å². The number of carbonyl (C=O) groups excluding carboxylic acids is 2. The Morgan fingerprint density at radius 1 is 0.727 bits per heavy atom. The van der Waals surface area contributed by atoms with Crippen molar-refractivity contribution in [3.8, 4) is 11.1 Å². The number of rotatable bonds is 10. The Hall–Kier alpha value is -3.24. The second kappa shape index (κ2) is 13.4. The third kappa shape index (κ3) is 6.71. The average Bonchev–Trinajstić information content (AvgIpc) is 3.82. The smallest absolute Gasteiger partial charge is 0.284 e. The molecule has 2 aromatic carbocycles. The highest BCUT2D eigenvalue weighted by Crippen LogP contribution is 2.33. The highest BCUT2D eigenvalue weighted by molar-refractivity contribution is 7.14. The van der Waals surface area contributed by atoms with Gasteiger partial charge in [-0.05, 0) is 113 Å². The molecule has 44 heavy (non-hydrogen) atoms. The molecule has 6 rings (SSSR count). The second-order valence-corrected chi connectivity index (χ2v) is 14.3. The number of Topliss-reactive ketones (excluding diaryl/α,β-unsaturated/α-hetero) is 1. The van der Waals surface area contributed by atoms with Crippen molar-refractivity contribution in [2.45, 2.75) is 72.9 Å². The molecule has 2 fully saturated rings. The Morgan fingerprint density at radius 2 is 1.25 bits per heavy atom. The fourth-order valence-electron chi connectivity index (χ4n) is 6.31. The number of ketones is 1. The van der Waals surface area contributed by atoms with Gasteiger partial charge in [-0.1, -0.05) is 30.3 Å². The number of hydrogen-bond donors (Lipinski definition) is 1. The van der Waals surface area contributed by atoms with E-state index in [1.807, 2.05) is 45.0 Å². The number of amides is 1. The van der Waals surface area contributed by atoms with E-state index in [0.717, 1.165) is 84.2 Å². The Kier molecular flexibility index (Phi) is 9.37. The molecule has 0 bridgehead atoms. The van der Waals surface area contributed by atoms with E-state index < -0.39 is 0 Å². The molecular weight excluding hydrogens is 587 g/mol. The van der Waals surface area contributed by atoms with Crippen LogP contribution in [0.3, 0.4) is 0 Å². The number of aromatic nitrogens is 2. The van der Waals surface area contributed by atoms with Crippen molar-refractivity contribution in [2.24, 2.45) is 0 Å². The molecule has 0 spiro atoms. The van der Waals surface area contributed by atoms with Crippen LogP contribution in [0.1, 0.15) is 83.1 Å². The molecule has 4 aromatic rings. The summed E-state index contributed by atoms with van der Waals surface area (Å²) < 4.78 is 0. The van der Waals surface area contributed by atoms with E-state index in [4.69, 9.17) is 0 Å². The number of aryl methyl sites for hydroxylation is 2. The highest BCUT2D eigenvalue weighted by Gasteiger charge is 2.22. The van der Waals surface area contributed by atoms with Crippen LogP contribution in [-0.4, -0.2) is 57.6 Å². The molecule has 4 heterocycles. The van der Waals surface area contributed by atoms with E-state index in [1.165, 1.54) is 46.8 Å². The number of thiazole rings is 2. The largest absolute Gasteiger partial charge is 0.320 e. The second-order valence-electron chi connectivity index (χ2n) is 12.1. The summed E-state index contributed by atoms with van der Waals surface area (Å²) in [6, 6.07) is 12.1. The Labute approximate surface area is 268 Å². The zero-order valence-electron chi connectivity index (χ0n) is 26.2. The van der Waals surface area contributed by atoms with Crippen LogP contribution in [0.25, 0.3) is 11.1 Å². The van der Waals surface area contributed by atoms with Crippen LogP contribution in [0.5, 0.6) is 0 Å². The molecule has 2 aromatic heterocycles. The summed E-state index contributed by atoms with van der Waals surface area (Å²) >= 11 is 3.04. The summed E-state index contributed by atoms with van der Waals surface area (Å²) in [6.45, 7) is 14.4. The van der Waals surface area contributed by atoms with Gasteiger partial charge in [0.05, 0.1) is 11.4 Å². The third-order valence-electron chi connectivity index (χ3n) is 9.02. The van der Waals surface area contributed by atoms with Crippen molar-refractivity contribution >= 4 is 40.1 Å². The first-order valence-electron chi connectivity index (χ1n) is 15.7. The monoisotopic (exact) mass is 627 g/mol. The predicted octanol–water partition coefficient (Wildman–Crippen LogP) is 7.37. The van der Waals surface area contributed by atoms with E-state index in [2.05, 4.69) is 44.1 Å². The van der Waals surface area contributed by atoms with Gasteiger partial charge < -0.3 is 5.32 Å². The van der Waals surface area contributed by atoms with Crippen molar-refractivity contribution in [3.63, 3.8) is 0 Å². The van der Waals surface area contributed by atoms with Gasteiger partial charge in [0.1, 0.15) is 0 Å². The molecule has 0 saturated carbocycles. The van der Waals surface area contributed by atoms with Crippen LogP contribution >= 0.6 is 22.7 Å². The van der Waals surface area contributed by atoms with Crippen LogP contribution in [-0.2, 0) is 19.5 Å². The summed E-state index contributed by atoms with van der Waals surface area (Å²) in [5.41, 5.74) is 7.84. The van der Waals surface area contributed by atoms with Crippen LogP contribution in [0, 0.1) is 27.7 Å². The van der Waals surface area contributed by atoms with Crippen LogP contribution in [0.2, 0.25) is 0 Å². The summed E-state index contributed by atoms with van der Waals surface area (Å²) in [4.78, 5) is 43.2. The number of hydrogen-bond acceptors (Lipinski definition) is 8. The molecule has 230 valence electrons. The zero-order chi connectivity index (χ0) is 30.8. The number of likely N-dealkylation sites (tertiary alicyclic amines) is 2. The zero-order valence-corrected chi connectivity index (χ0v) is 27.8. The van der Waals surface area contributed by atoms with Gasteiger partial charge in [-0.15, -0.1) is 22.7 Å². The van der Waals surface area contributed by atoms with E-state index in [0.29, 0.717) is 16.4 Å². The molecule has 1 N–H and O–H groups in total. The SMILES string of the molecule is Cc1nc(C(=O)Cc2cccc(-c3cccc(NC(=O)c4nc(C)c(CN5CCCC5)s4)c3C)c2C)sc1CN1CCCC1. The average molecular weight is 628 g/mol.